The number of amides is 2. The van der Waals surface area contributed by atoms with E-state index in [1.54, 1.807) is 4.90 Å². The number of carbonyl (C=O) groups excluding carboxylic acids is 1. The Labute approximate surface area is 123 Å². The largest absolute Gasteiger partial charge is 0.481 e. The molecule has 0 bridgehead atoms. The predicted octanol–water partition coefficient (Wildman–Crippen LogP) is 1.28. The maximum Gasteiger partial charge on any atom is 0.326 e. The summed E-state index contributed by atoms with van der Waals surface area (Å²) in [5.41, 5.74) is 0. The second-order valence-electron chi connectivity index (χ2n) is 5.89. The van der Waals surface area contributed by atoms with Crippen molar-refractivity contribution in [1.82, 2.24) is 10.2 Å². The minimum absolute atomic E-state index is 0.173. The highest BCUT2D eigenvalue weighted by Crippen LogP contribution is 2.35. The van der Waals surface area contributed by atoms with E-state index in [2.05, 4.69) is 5.32 Å². The third-order valence-electron chi connectivity index (χ3n) is 4.48. The van der Waals surface area contributed by atoms with E-state index >= 15 is 0 Å². The number of rotatable bonds is 4. The maximum atomic E-state index is 12.3. The highest BCUT2D eigenvalue weighted by atomic mass is 16.4. The molecular formula is C14H22N2O5. The van der Waals surface area contributed by atoms with E-state index in [0.717, 1.165) is 32.1 Å². The third kappa shape index (κ3) is 3.86. The molecule has 0 aromatic rings. The molecule has 0 spiro atoms. The van der Waals surface area contributed by atoms with Gasteiger partial charge in [-0.15, -0.1) is 0 Å². The molecule has 2 fully saturated rings. The summed E-state index contributed by atoms with van der Waals surface area (Å²) in [4.78, 5) is 35.7. The quantitative estimate of drug-likeness (QED) is 0.724. The van der Waals surface area contributed by atoms with Crippen LogP contribution in [0.15, 0.2) is 0 Å². The van der Waals surface area contributed by atoms with E-state index < -0.39 is 30.4 Å². The van der Waals surface area contributed by atoms with Gasteiger partial charge in [-0.1, -0.05) is 12.8 Å². The summed E-state index contributed by atoms with van der Waals surface area (Å²) in [5.74, 6) is -2.05. The first-order valence-corrected chi connectivity index (χ1v) is 7.50. The van der Waals surface area contributed by atoms with Crippen LogP contribution in [0.2, 0.25) is 0 Å². The summed E-state index contributed by atoms with van der Waals surface area (Å²) >= 11 is 0. The van der Waals surface area contributed by atoms with Gasteiger partial charge in [0.25, 0.3) is 0 Å². The van der Waals surface area contributed by atoms with Crippen molar-refractivity contribution in [1.29, 1.82) is 0 Å². The molecule has 7 nitrogen and oxygen atoms in total. The van der Waals surface area contributed by atoms with E-state index in [-0.39, 0.29) is 6.04 Å². The Morgan fingerprint density at radius 2 is 1.76 bits per heavy atom. The lowest BCUT2D eigenvalue weighted by Crippen LogP contribution is -2.56. The summed E-state index contributed by atoms with van der Waals surface area (Å²) in [6, 6.07) is -1.65. The molecule has 1 aliphatic carbocycles. The van der Waals surface area contributed by atoms with Gasteiger partial charge in [0.15, 0.2) is 0 Å². The van der Waals surface area contributed by atoms with Crippen molar-refractivity contribution in [2.75, 3.05) is 6.54 Å². The number of likely N-dealkylation sites (tertiary alicyclic amines) is 1. The number of carbonyl (C=O) groups is 3. The van der Waals surface area contributed by atoms with Crippen molar-refractivity contribution >= 4 is 18.0 Å². The molecule has 0 radical (unpaired) electrons. The van der Waals surface area contributed by atoms with Gasteiger partial charge in [-0.25, -0.2) is 9.59 Å². The molecule has 2 amide bonds. The van der Waals surface area contributed by atoms with Crippen LogP contribution in [0.3, 0.4) is 0 Å². The van der Waals surface area contributed by atoms with Gasteiger partial charge in [0, 0.05) is 12.6 Å². The van der Waals surface area contributed by atoms with Crippen molar-refractivity contribution < 1.29 is 24.6 Å². The number of piperidine rings is 1. The smallest absolute Gasteiger partial charge is 0.326 e. The van der Waals surface area contributed by atoms with Gasteiger partial charge in [0.05, 0.1) is 6.42 Å². The summed E-state index contributed by atoms with van der Waals surface area (Å²) in [6.45, 7) is 0.617. The van der Waals surface area contributed by atoms with Gasteiger partial charge < -0.3 is 20.4 Å². The second-order valence-corrected chi connectivity index (χ2v) is 5.89. The highest BCUT2D eigenvalue weighted by Gasteiger charge is 2.37. The summed E-state index contributed by atoms with van der Waals surface area (Å²) in [7, 11) is 0. The Bertz CT molecular complexity index is 424. The molecule has 3 N–H and O–H groups in total. The lowest BCUT2D eigenvalue weighted by molar-refractivity contribution is -0.145. The lowest BCUT2D eigenvalue weighted by Gasteiger charge is -2.44. The standard InChI is InChI=1S/C14H22N2O5/c17-12(18)8-10(13(19)20)15-14(21)16-7-3-5-9-4-1-2-6-11(9)16/h9-11H,1-8H2,(H,15,21)(H,17,18)(H,19,20). The van der Waals surface area contributed by atoms with Crippen molar-refractivity contribution in [3.05, 3.63) is 0 Å². The van der Waals surface area contributed by atoms with Gasteiger partial charge in [0.2, 0.25) is 0 Å². The molecule has 1 saturated carbocycles. The fourth-order valence-electron chi connectivity index (χ4n) is 3.48. The van der Waals surface area contributed by atoms with Gasteiger partial charge in [-0.05, 0) is 31.6 Å². The first-order chi connectivity index (χ1) is 9.99. The van der Waals surface area contributed by atoms with E-state index in [1.165, 1.54) is 6.42 Å². The van der Waals surface area contributed by atoms with Crippen LogP contribution in [0.5, 0.6) is 0 Å². The van der Waals surface area contributed by atoms with Crippen molar-refractivity contribution in [3.8, 4) is 0 Å². The topological polar surface area (TPSA) is 107 Å². The predicted molar refractivity (Wildman–Crippen MR) is 73.9 cm³/mol. The SMILES string of the molecule is O=C(O)CC(NC(=O)N1CCCC2CCCCC21)C(=O)O. The van der Waals surface area contributed by atoms with Crippen LogP contribution in [0.4, 0.5) is 4.79 Å². The summed E-state index contributed by atoms with van der Waals surface area (Å²) in [5, 5.41) is 20.1. The van der Waals surface area contributed by atoms with E-state index in [9.17, 15) is 14.4 Å². The fourth-order valence-corrected chi connectivity index (χ4v) is 3.48. The van der Waals surface area contributed by atoms with Crippen LogP contribution in [-0.4, -0.2) is 51.7 Å². The molecule has 1 saturated heterocycles. The number of hydrogen-bond donors (Lipinski definition) is 3. The average molecular weight is 298 g/mol. The van der Waals surface area contributed by atoms with Crippen LogP contribution in [0, 0.1) is 5.92 Å². The number of nitrogens with one attached hydrogen (secondary N) is 1. The molecule has 3 atom stereocenters. The number of carboxylic acids is 2. The van der Waals surface area contributed by atoms with Crippen LogP contribution in [0.25, 0.3) is 0 Å². The number of carboxylic acid groups (broad SMARTS) is 2. The molecule has 118 valence electrons. The fraction of sp³-hybridized carbons (Fsp3) is 0.786. The first kappa shape index (κ1) is 15.6. The molecule has 1 heterocycles. The number of fused-ring (bicyclic) bond motifs is 1. The highest BCUT2D eigenvalue weighted by molar-refractivity contribution is 5.86. The van der Waals surface area contributed by atoms with Gasteiger partial charge >= 0.3 is 18.0 Å². The number of nitrogens with zero attached hydrogens (tertiary/aromatic N) is 1. The Balaban J connectivity index is 2.00. The summed E-state index contributed by atoms with van der Waals surface area (Å²) < 4.78 is 0. The molecule has 1 aliphatic heterocycles. The lowest BCUT2D eigenvalue weighted by atomic mass is 9.78. The van der Waals surface area contributed by atoms with Crippen LogP contribution in [-0.2, 0) is 9.59 Å². The molecule has 2 rings (SSSR count). The average Bonchev–Trinajstić information content (AvgIpc) is 2.45. The molecule has 2 aliphatic rings. The van der Waals surface area contributed by atoms with Crippen LogP contribution in [0.1, 0.15) is 44.9 Å². The zero-order chi connectivity index (χ0) is 15.4. The molecule has 21 heavy (non-hydrogen) atoms. The van der Waals surface area contributed by atoms with Crippen molar-refractivity contribution in [3.63, 3.8) is 0 Å². The van der Waals surface area contributed by atoms with Gasteiger partial charge in [-0.2, -0.15) is 0 Å². The summed E-state index contributed by atoms with van der Waals surface area (Å²) in [6.07, 6.45) is 5.77. The van der Waals surface area contributed by atoms with E-state index in [0.29, 0.717) is 12.5 Å². The second kappa shape index (κ2) is 6.78. The Kier molecular flexibility index (Phi) is 5.03. The number of urea groups is 1. The molecule has 0 aromatic heterocycles. The minimum atomic E-state index is -1.38. The molecule has 0 aromatic carbocycles. The van der Waals surface area contributed by atoms with Gasteiger partial charge in [-0.3, -0.25) is 4.79 Å². The van der Waals surface area contributed by atoms with Gasteiger partial charge in [0.1, 0.15) is 6.04 Å². The minimum Gasteiger partial charge on any atom is -0.481 e. The Morgan fingerprint density at radius 3 is 2.43 bits per heavy atom. The van der Waals surface area contributed by atoms with E-state index in [4.69, 9.17) is 10.2 Å². The van der Waals surface area contributed by atoms with Crippen molar-refractivity contribution in [2.45, 2.75) is 57.0 Å². The Morgan fingerprint density at radius 1 is 1.10 bits per heavy atom. The monoisotopic (exact) mass is 298 g/mol. The normalized spacial score (nSPS) is 26.6. The molecular weight excluding hydrogens is 276 g/mol. The van der Waals surface area contributed by atoms with Crippen LogP contribution >= 0.6 is 0 Å². The zero-order valence-corrected chi connectivity index (χ0v) is 12.0. The van der Waals surface area contributed by atoms with Crippen molar-refractivity contribution in [2.24, 2.45) is 5.92 Å². The molecule has 7 heteroatoms. The maximum absolute atomic E-state index is 12.3. The Hall–Kier alpha value is -1.79. The third-order valence-corrected chi connectivity index (χ3v) is 4.48. The number of hydrogen-bond acceptors (Lipinski definition) is 3. The van der Waals surface area contributed by atoms with Crippen LogP contribution < -0.4 is 5.32 Å². The number of aliphatic carboxylic acids is 2. The molecule has 3 unspecified atom stereocenters. The first-order valence-electron chi connectivity index (χ1n) is 7.50. The zero-order valence-electron chi connectivity index (χ0n) is 12.0. The van der Waals surface area contributed by atoms with E-state index in [1.807, 2.05) is 0 Å².